The van der Waals surface area contributed by atoms with Gasteiger partial charge in [0.25, 0.3) is 5.56 Å². The molecule has 2 aromatic heterocycles. The Kier molecular flexibility index (Phi) is 7.65. The minimum absolute atomic E-state index is 0.0201. The quantitative estimate of drug-likeness (QED) is 0.547. The predicted octanol–water partition coefficient (Wildman–Crippen LogP) is -0.140. The molecule has 2 N–H and O–H groups in total. The largest absolute Gasteiger partial charge is 0.379 e. The van der Waals surface area contributed by atoms with Crippen LogP contribution in [0.4, 0.5) is 5.82 Å². The summed E-state index contributed by atoms with van der Waals surface area (Å²) in [4.78, 5) is 22.6. The predicted molar refractivity (Wildman–Crippen MR) is 116 cm³/mol. The van der Waals surface area contributed by atoms with Gasteiger partial charge in [-0.15, -0.1) is 0 Å². The number of pyridine rings is 1. The lowest BCUT2D eigenvalue weighted by Gasteiger charge is -2.27. The summed E-state index contributed by atoms with van der Waals surface area (Å²) in [5.74, 6) is 0.679. The fourth-order valence-corrected chi connectivity index (χ4v) is 3.86. The molecule has 164 valence electrons. The summed E-state index contributed by atoms with van der Waals surface area (Å²) in [7, 11) is 0. The van der Waals surface area contributed by atoms with Crippen molar-refractivity contribution in [3.05, 3.63) is 40.3 Å². The first-order chi connectivity index (χ1) is 14.8. The Morgan fingerprint density at radius 3 is 2.30 bits per heavy atom. The van der Waals surface area contributed by atoms with Crippen LogP contribution in [0.25, 0.3) is 5.65 Å². The van der Waals surface area contributed by atoms with Crippen LogP contribution in [0.15, 0.2) is 29.2 Å². The zero-order chi connectivity index (χ0) is 20.6. The summed E-state index contributed by atoms with van der Waals surface area (Å²) in [5.41, 5.74) is 1.32. The van der Waals surface area contributed by atoms with Crippen molar-refractivity contribution in [3.8, 4) is 0 Å². The van der Waals surface area contributed by atoms with E-state index in [0.717, 1.165) is 78.8 Å². The van der Waals surface area contributed by atoms with Crippen molar-refractivity contribution in [1.82, 2.24) is 24.5 Å². The molecule has 0 aromatic carbocycles. The van der Waals surface area contributed by atoms with Crippen LogP contribution >= 0.6 is 0 Å². The number of hydrogen-bond acceptors (Lipinski definition) is 8. The van der Waals surface area contributed by atoms with E-state index >= 15 is 0 Å². The number of anilines is 1. The van der Waals surface area contributed by atoms with Crippen LogP contribution in [0, 0.1) is 0 Å². The summed E-state index contributed by atoms with van der Waals surface area (Å²) < 4.78 is 12.4. The number of nitrogens with zero attached hydrogens (tertiary/aromatic N) is 4. The molecule has 2 aliphatic rings. The maximum atomic E-state index is 13.1. The van der Waals surface area contributed by atoms with Gasteiger partial charge in [-0.1, -0.05) is 6.07 Å². The second kappa shape index (κ2) is 10.8. The van der Waals surface area contributed by atoms with E-state index in [4.69, 9.17) is 14.5 Å². The third kappa shape index (κ3) is 5.55. The molecule has 4 heterocycles. The minimum Gasteiger partial charge on any atom is -0.379 e. The molecule has 0 bridgehead atoms. The highest BCUT2D eigenvalue weighted by molar-refractivity contribution is 5.51. The molecule has 0 amide bonds. The van der Waals surface area contributed by atoms with Crippen LogP contribution in [-0.2, 0) is 16.0 Å². The fraction of sp³-hybridized carbons (Fsp3) is 0.619. The summed E-state index contributed by atoms with van der Waals surface area (Å²) in [6.07, 6.45) is 1.78. The number of aromatic nitrogens is 2. The number of ether oxygens (including phenoxy) is 2. The van der Waals surface area contributed by atoms with E-state index in [1.54, 1.807) is 10.6 Å². The monoisotopic (exact) mass is 416 g/mol. The van der Waals surface area contributed by atoms with E-state index in [2.05, 4.69) is 20.4 Å². The average Bonchev–Trinajstić information content (AvgIpc) is 2.80. The molecule has 2 aliphatic heterocycles. The standard InChI is InChI=1S/C21H32N6O3/c28-21-18(17-22-4-7-25-9-13-29-14-10-25)20(24-19-3-1-2-6-27(19)21)23-5-8-26-11-15-30-16-12-26/h1-3,6,22-23H,4-5,7-17H2. The molecule has 0 atom stereocenters. The molecular weight excluding hydrogens is 384 g/mol. The molecule has 0 saturated carbocycles. The Morgan fingerprint density at radius 1 is 0.933 bits per heavy atom. The van der Waals surface area contributed by atoms with Crippen molar-refractivity contribution >= 4 is 11.5 Å². The van der Waals surface area contributed by atoms with Crippen LogP contribution in [0.3, 0.4) is 0 Å². The number of rotatable bonds is 9. The van der Waals surface area contributed by atoms with Gasteiger partial charge >= 0.3 is 0 Å². The van der Waals surface area contributed by atoms with Gasteiger partial charge in [0.2, 0.25) is 0 Å². The first kappa shape index (κ1) is 21.2. The Labute approximate surface area is 177 Å². The van der Waals surface area contributed by atoms with E-state index in [0.29, 0.717) is 23.6 Å². The van der Waals surface area contributed by atoms with E-state index in [1.165, 1.54) is 0 Å². The molecule has 9 nitrogen and oxygen atoms in total. The van der Waals surface area contributed by atoms with Crippen LogP contribution in [0.2, 0.25) is 0 Å². The Balaban J connectivity index is 1.40. The van der Waals surface area contributed by atoms with E-state index in [-0.39, 0.29) is 5.56 Å². The fourth-order valence-electron chi connectivity index (χ4n) is 3.86. The van der Waals surface area contributed by atoms with Crippen molar-refractivity contribution in [2.75, 3.05) is 84.1 Å². The minimum atomic E-state index is -0.0201. The normalized spacial score (nSPS) is 18.7. The molecule has 9 heteroatoms. The lowest BCUT2D eigenvalue weighted by atomic mass is 10.2. The molecule has 2 saturated heterocycles. The molecule has 4 rings (SSSR count). The van der Waals surface area contributed by atoms with E-state index in [9.17, 15) is 4.79 Å². The summed E-state index contributed by atoms with van der Waals surface area (Å²) in [6.45, 7) is 10.9. The molecule has 30 heavy (non-hydrogen) atoms. The van der Waals surface area contributed by atoms with Crippen LogP contribution < -0.4 is 16.2 Å². The molecule has 0 spiro atoms. The molecule has 0 unspecified atom stereocenters. The molecule has 2 fully saturated rings. The summed E-state index contributed by atoms with van der Waals surface area (Å²) >= 11 is 0. The number of morpholine rings is 2. The number of hydrogen-bond donors (Lipinski definition) is 2. The van der Waals surface area contributed by atoms with Crippen molar-refractivity contribution in [2.24, 2.45) is 0 Å². The Hall–Kier alpha value is -2.04. The number of fused-ring (bicyclic) bond motifs is 1. The van der Waals surface area contributed by atoms with Crippen LogP contribution in [-0.4, -0.2) is 98.0 Å². The first-order valence-electron chi connectivity index (χ1n) is 10.9. The highest BCUT2D eigenvalue weighted by atomic mass is 16.5. The van der Waals surface area contributed by atoms with Crippen molar-refractivity contribution < 1.29 is 9.47 Å². The third-order valence-electron chi connectivity index (χ3n) is 5.66. The van der Waals surface area contributed by atoms with Crippen molar-refractivity contribution in [2.45, 2.75) is 6.54 Å². The average molecular weight is 417 g/mol. The zero-order valence-corrected chi connectivity index (χ0v) is 17.5. The number of nitrogens with one attached hydrogen (secondary N) is 2. The molecule has 2 aromatic rings. The summed E-state index contributed by atoms with van der Waals surface area (Å²) in [5, 5.41) is 6.84. The van der Waals surface area contributed by atoms with Crippen molar-refractivity contribution in [1.29, 1.82) is 0 Å². The van der Waals surface area contributed by atoms with Crippen molar-refractivity contribution in [3.63, 3.8) is 0 Å². The maximum absolute atomic E-state index is 13.1. The van der Waals surface area contributed by atoms with Gasteiger partial charge in [0.1, 0.15) is 11.5 Å². The maximum Gasteiger partial charge on any atom is 0.264 e. The third-order valence-corrected chi connectivity index (χ3v) is 5.66. The lowest BCUT2D eigenvalue weighted by molar-refractivity contribution is 0.0384. The van der Waals surface area contributed by atoms with Gasteiger partial charge in [0.15, 0.2) is 0 Å². The van der Waals surface area contributed by atoms with E-state index in [1.807, 2.05) is 18.2 Å². The van der Waals surface area contributed by atoms with Gasteiger partial charge in [-0.2, -0.15) is 0 Å². The first-order valence-corrected chi connectivity index (χ1v) is 10.9. The molecule has 0 aliphatic carbocycles. The lowest BCUT2D eigenvalue weighted by Crippen LogP contribution is -2.40. The second-order valence-corrected chi connectivity index (χ2v) is 7.68. The Bertz CT molecular complexity index is 861. The second-order valence-electron chi connectivity index (χ2n) is 7.68. The molecule has 0 radical (unpaired) electrons. The Morgan fingerprint density at radius 2 is 1.60 bits per heavy atom. The van der Waals surface area contributed by atoms with Crippen LogP contribution in [0.1, 0.15) is 5.56 Å². The highest BCUT2D eigenvalue weighted by Gasteiger charge is 2.15. The van der Waals surface area contributed by atoms with Gasteiger partial charge in [-0.3, -0.25) is 19.0 Å². The zero-order valence-electron chi connectivity index (χ0n) is 17.5. The van der Waals surface area contributed by atoms with Gasteiger partial charge in [-0.25, -0.2) is 4.98 Å². The van der Waals surface area contributed by atoms with Gasteiger partial charge in [0, 0.05) is 65.1 Å². The van der Waals surface area contributed by atoms with Gasteiger partial charge in [-0.05, 0) is 12.1 Å². The smallest absolute Gasteiger partial charge is 0.264 e. The topological polar surface area (TPSA) is 83.4 Å². The highest BCUT2D eigenvalue weighted by Crippen LogP contribution is 2.11. The van der Waals surface area contributed by atoms with Crippen LogP contribution in [0.5, 0.6) is 0 Å². The van der Waals surface area contributed by atoms with E-state index < -0.39 is 0 Å². The van der Waals surface area contributed by atoms with Gasteiger partial charge in [0.05, 0.1) is 32.0 Å². The van der Waals surface area contributed by atoms with Gasteiger partial charge < -0.3 is 20.1 Å². The SMILES string of the molecule is O=c1c(CNCCN2CCOCC2)c(NCCN2CCOCC2)nc2ccccn12. The summed E-state index contributed by atoms with van der Waals surface area (Å²) in [6, 6.07) is 5.63. The molecular formula is C21H32N6O3.